The van der Waals surface area contributed by atoms with Crippen molar-refractivity contribution in [2.75, 3.05) is 13.6 Å². The molecular weight excluding hydrogens is 222 g/mol. The first-order valence-corrected chi connectivity index (χ1v) is 7.96. The molecule has 0 bridgehead atoms. The smallest absolute Gasteiger partial charge is 0.0695 e. The van der Waals surface area contributed by atoms with Crippen LogP contribution in [0.25, 0.3) is 0 Å². The summed E-state index contributed by atoms with van der Waals surface area (Å²) < 4.78 is 0. The molecule has 0 radical (unpaired) electrons. The van der Waals surface area contributed by atoms with Gasteiger partial charge in [-0.2, -0.15) is 0 Å². The molecule has 0 aromatic rings. The van der Waals surface area contributed by atoms with Gasteiger partial charge in [-0.15, -0.1) is 0 Å². The van der Waals surface area contributed by atoms with Gasteiger partial charge in [-0.3, -0.25) is 0 Å². The van der Waals surface area contributed by atoms with E-state index in [4.69, 9.17) is 0 Å². The van der Waals surface area contributed by atoms with E-state index in [0.717, 1.165) is 24.2 Å². The Labute approximate surface area is 113 Å². The lowest BCUT2D eigenvalue weighted by atomic mass is 9.77. The molecule has 0 aromatic heterocycles. The molecule has 3 unspecified atom stereocenters. The van der Waals surface area contributed by atoms with Crippen molar-refractivity contribution >= 4 is 0 Å². The van der Waals surface area contributed by atoms with E-state index >= 15 is 0 Å². The second-order valence-electron chi connectivity index (χ2n) is 7.04. The molecule has 1 N–H and O–H groups in total. The minimum atomic E-state index is -0.0913. The summed E-state index contributed by atoms with van der Waals surface area (Å²) in [5.41, 5.74) is 0. The molecule has 18 heavy (non-hydrogen) atoms. The maximum absolute atomic E-state index is 10.3. The fraction of sp³-hybridized carbons (Fsp3) is 1.00. The lowest BCUT2D eigenvalue weighted by molar-refractivity contribution is 0.00116. The third kappa shape index (κ3) is 3.48. The van der Waals surface area contributed by atoms with Gasteiger partial charge in [-0.05, 0) is 56.9 Å². The summed E-state index contributed by atoms with van der Waals surface area (Å²) in [6.45, 7) is 5.86. The van der Waals surface area contributed by atoms with Crippen molar-refractivity contribution in [3.63, 3.8) is 0 Å². The van der Waals surface area contributed by atoms with E-state index in [2.05, 4.69) is 25.8 Å². The van der Waals surface area contributed by atoms with Crippen LogP contribution < -0.4 is 0 Å². The van der Waals surface area contributed by atoms with Gasteiger partial charge in [0.15, 0.2) is 0 Å². The Hall–Kier alpha value is -0.0800. The van der Waals surface area contributed by atoms with Gasteiger partial charge in [0.25, 0.3) is 0 Å². The molecule has 0 aromatic carbocycles. The molecule has 2 nitrogen and oxygen atoms in total. The van der Waals surface area contributed by atoms with E-state index in [0.29, 0.717) is 6.04 Å². The first kappa shape index (κ1) is 14.3. The fourth-order valence-electron chi connectivity index (χ4n) is 3.98. The molecular formula is C16H31NO. The Morgan fingerprint density at radius 2 is 1.78 bits per heavy atom. The van der Waals surface area contributed by atoms with Crippen molar-refractivity contribution < 1.29 is 5.11 Å². The van der Waals surface area contributed by atoms with Crippen molar-refractivity contribution in [1.82, 2.24) is 4.90 Å². The molecule has 0 heterocycles. The van der Waals surface area contributed by atoms with Gasteiger partial charge >= 0.3 is 0 Å². The molecule has 0 aliphatic heterocycles. The van der Waals surface area contributed by atoms with E-state index in [9.17, 15) is 5.11 Å². The average molecular weight is 253 g/mol. The second kappa shape index (κ2) is 6.38. The van der Waals surface area contributed by atoms with Gasteiger partial charge in [0.1, 0.15) is 0 Å². The van der Waals surface area contributed by atoms with E-state index < -0.39 is 0 Å². The van der Waals surface area contributed by atoms with E-state index in [1.54, 1.807) is 0 Å². The Bertz CT molecular complexity index is 247. The summed E-state index contributed by atoms with van der Waals surface area (Å²) in [4.78, 5) is 2.47. The van der Waals surface area contributed by atoms with E-state index in [1.807, 2.05) is 0 Å². The van der Waals surface area contributed by atoms with Crippen molar-refractivity contribution in [3.8, 4) is 0 Å². The van der Waals surface area contributed by atoms with Crippen molar-refractivity contribution in [1.29, 1.82) is 0 Å². The number of nitrogens with zero attached hydrogens (tertiary/aromatic N) is 1. The molecule has 2 heteroatoms. The summed E-state index contributed by atoms with van der Waals surface area (Å²) in [7, 11) is 2.23. The summed E-state index contributed by atoms with van der Waals surface area (Å²) >= 11 is 0. The molecule has 3 atom stereocenters. The predicted molar refractivity (Wildman–Crippen MR) is 76.6 cm³/mol. The largest absolute Gasteiger partial charge is 0.391 e. The molecule has 0 saturated heterocycles. The number of likely N-dealkylation sites (N-methyl/N-ethyl adjacent to an activating group) is 1. The molecule has 2 fully saturated rings. The third-order valence-corrected chi connectivity index (χ3v) is 5.35. The van der Waals surface area contributed by atoms with Gasteiger partial charge in [0, 0.05) is 12.6 Å². The highest BCUT2D eigenvalue weighted by atomic mass is 16.3. The Kier molecular flexibility index (Phi) is 5.08. The van der Waals surface area contributed by atoms with Crippen LogP contribution in [0, 0.1) is 17.8 Å². The van der Waals surface area contributed by atoms with Crippen LogP contribution in [0.4, 0.5) is 0 Å². The van der Waals surface area contributed by atoms with Crippen LogP contribution in [0.1, 0.15) is 58.8 Å². The zero-order valence-electron chi connectivity index (χ0n) is 12.4. The SMILES string of the molecule is CC(C)C1CCC(O)C(N(C)CC2CCCC2)C1. The van der Waals surface area contributed by atoms with Crippen LogP contribution in [-0.2, 0) is 0 Å². The minimum Gasteiger partial charge on any atom is -0.391 e. The van der Waals surface area contributed by atoms with Gasteiger partial charge in [0.2, 0.25) is 0 Å². The first-order valence-electron chi connectivity index (χ1n) is 7.96. The van der Waals surface area contributed by atoms with E-state index in [1.165, 1.54) is 45.1 Å². The molecule has 2 rings (SSSR count). The van der Waals surface area contributed by atoms with Crippen LogP contribution in [0.3, 0.4) is 0 Å². The normalized spacial score (nSPS) is 34.7. The Morgan fingerprint density at radius 1 is 1.11 bits per heavy atom. The van der Waals surface area contributed by atoms with Gasteiger partial charge in [-0.25, -0.2) is 0 Å². The number of hydrogen-bond acceptors (Lipinski definition) is 2. The van der Waals surface area contributed by atoms with Crippen molar-refractivity contribution in [3.05, 3.63) is 0 Å². The first-order chi connectivity index (χ1) is 8.58. The van der Waals surface area contributed by atoms with Crippen LogP contribution in [0.15, 0.2) is 0 Å². The highest BCUT2D eigenvalue weighted by molar-refractivity contribution is 4.87. The molecule has 0 amide bonds. The monoisotopic (exact) mass is 253 g/mol. The molecule has 2 aliphatic carbocycles. The molecule has 2 saturated carbocycles. The molecule has 0 spiro atoms. The highest BCUT2D eigenvalue weighted by Gasteiger charge is 2.33. The summed E-state index contributed by atoms with van der Waals surface area (Å²) in [5, 5.41) is 10.3. The minimum absolute atomic E-state index is 0.0913. The van der Waals surface area contributed by atoms with Crippen LogP contribution in [0.2, 0.25) is 0 Å². The zero-order chi connectivity index (χ0) is 13.1. The quantitative estimate of drug-likeness (QED) is 0.831. The van der Waals surface area contributed by atoms with Crippen LogP contribution >= 0.6 is 0 Å². The van der Waals surface area contributed by atoms with Gasteiger partial charge in [-0.1, -0.05) is 26.7 Å². The maximum Gasteiger partial charge on any atom is 0.0695 e. The summed E-state index contributed by atoms with van der Waals surface area (Å²) in [6.07, 6.45) is 8.96. The fourth-order valence-corrected chi connectivity index (χ4v) is 3.98. The van der Waals surface area contributed by atoms with Crippen LogP contribution in [0.5, 0.6) is 0 Å². The standard InChI is InChI=1S/C16H31NO/c1-12(2)14-8-9-16(18)15(10-14)17(3)11-13-6-4-5-7-13/h12-16,18H,4-11H2,1-3H3. The number of hydrogen-bond donors (Lipinski definition) is 1. The zero-order valence-corrected chi connectivity index (χ0v) is 12.4. The lowest BCUT2D eigenvalue weighted by Crippen LogP contribution is -2.47. The predicted octanol–water partition coefficient (Wildman–Crippen LogP) is 3.29. The molecule has 106 valence electrons. The van der Waals surface area contributed by atoms with Gasteiger partial charge in [0.05, 0.1) is 6.10 Å². The highest BCUT2D eigenvalue weighted by Crippen LogP contribution is 2.34. The molecule has 2 aliphatic rings. The summed E-state index contributed by atoms with van der Waals surface area (Å²) in [5.74, 6) is 2.46. The third-order valence-electron chi connectivity index (χ3n) is 5.35. The number of aliphatic hydroxyl groups is 1. The number of rotatable bonds is 4. The lowest BCUT2D eigenvalue weighted by Gasteiger charge is -2.41. The van der Waals surface area contributed by atoms with Crippen LogP contribution in [-0.4, -0.2) is 35.7 Å². The maximum atomic E-state index is 10.3. The van der Waals surface area contributed by atoms with E-state index in [-0.39, 0.29) is 6.10 Å². The Balaban J connectivity index is 1.87. The Morgan fingerprint density at radius 3 is 2.39 bits per heavy atom. The van der Waals surface area contributed by atoms with Crippen molar-refractivity contribution in [2.24, 2.45) is 17.8 Å². The second-order valence-corrected chi connectivity index (χ2v) is 7.04. The van der Waals surface area contributed by atoms with Crippen molar-refractivity contribution in [2.45, 2.75) is 70.9 Å². The van der Waals surface area contributed by atoms with Gasteiger partial charge < -0.3 is 10.0 Å². The average Bonchev–Trinajstić information content (AvgIpc) is 2.81. The summed E-state index contributed by atoms with van der Waals surface area (Å²) in [6, 6.07) is 0.409. The number of aliphatic hydroxyl groups excluding tert-OH is 1. The topological polar surface area (TPSA) is 23.5 Å².